The van der Waals surface area contributed by atoms with Gasteiger partial charge in [0.1, 0.15) is 0 Å². The molecule has 0 aliphatic heterocycles. The minimum Gasteiger partial charge on any atom is -0.381 e. The highest BCUT2D eigenvalue weighted by Gasteiger charge is 2.31. The van der Waals surface area contributed by atoms with E-state index in [2.05, 4.69) is 5.32 Å². The summed E-state index contributed by atoms with van der Waals surface area (Å²) in [5, 5.41) is 3.35. The molecule has 0 bridgehead atoms. The third-order valence-corrected chi connectivity index (χ3v) is 4.16. The average Bonchev–Trinajstić information content (AvgIpc) is 2.40. The first-order valence-electron chi connectivity index (χ1n) is 6.75. The van der Waals surface area contributed by atoms with E-state index in [9.17, 15) is 13.2 Å². The third-order valence-electron chi connectivity index (χ3n) is 3.85. The molecule has 0 saturated heterocycles. The molecule has 0 radical (unpaired) electrons. The van der Waals surface area contributed by atoms with Gasteiger partial charge in [0.05, 0.1) is 16.3 Å². The third kappa shape index (κ3) is 3.58. The van der Waals surface area contributed by atoms with Gasteiger partial charge in [-0.1, -0.05) is 24.4 Å². The van der Waals surface area contributed by atoms with E-state index in [1.165, 1.54) is 6.07 Å². The molecule has 0 aromatic heterocycles. The summed E-state index contributed by atoms with van der Waals surface area (Å²) in [5.41, 5.74) is 5.56. The molecule has 1 aromatic carbocycles. The van der Waals surface area contributed by atoms with Crippen molar-refractivity contribution in [3.63, 3.8) is 0 Å². The van der Waals surface area contributed by atoms with Crippen molar-refractivity contribution in [3.8, 4) is 0 Å². The first kappa shape index (κ1) is 15.4. The number of nitrogens with one attached hydrogen (secondary N) is 1. The van der Waals surface area contributed by atoms with Gasteiger partial charge in [-0.25, -0.2) is 0 Å². The van der Waals surface area contributed by atoms with Gasteiger partial charge < -0.3 is 11.1 Å². The van der Waals surface area contributed by atoms with Gasteiger partial charge in [-0.2, -0.15) is 13.2 Å². The van der Waals surface area contributed by atoms with Gasteiger partial charge in [0.25, 0.3) is 0 Å². The van der Waals surface area contributed by atoms with E-state index in [4.69, 9.17) is 17.3 Å². The van der Waals surface area contributed by atoms with Crippen LogP contribution in [0.5, 0.6) is 0 Å². The van der Waals surface area contributed by atoms with Gasteiger partial charge >= 0.3 is 6.18 Å². The normalized spacial score (nSPS) is 23.6. The molecule has 20 heavy (non-hydrogen) atoms. The minimum absolute atomic E-state index is 0.0983. The summed E-state index contributed by atoms with van der Waals surface area (Å²) in [6.07, 6.45) is -0.0916. The lowest BCUT2D eigenvalue weighted by Crippen LogP contribution is -2.36. The molecule has 0 amide bonds. The molecule has 2 atom stereocenters. The maximum atomic E-state index is 12.6. The largest absolute Gasteiger partial charge is 0.416 e. The van der Waals surface area contributed by atoms with Gasteiger partial charge in [0, 0.05) is 6.04 Å². The predicted molar refractivity (Wildman–Crippen MR) is 74.9 cm³/mol. The van der Waals surface area contributed by atoms with Crippen molar-refractivity contribution in [3.05, 3.63) is 28.8 Å². The topological polar surface area (TPSA) is 38.0 Å². The van der Waals surface area contributed by atoms with Crippen LogP contribution in [-0.2, 0) is 6.18 Å². The number of alkyl halides is 3. The number of rotatable bonds is 3. The molecule has 2 unspecified atom stereocenters. The molecule has 6 heteroatoms. The highest BCUT2D eigenvalue weighted by Crippen LogP contribution is 2.35. The van der Waals surface area contributed by atoms with E-state index in [1.54, 1.807) is 0 Å². The number of hydrogen-bond acceptors (Lipinski definition) is 2. The molecule has 2 rings (SSSR count). The zero-order valence-corrected chi connectivity index (χ0v) is 11.8. The Labute approximate surface area is 121 Å². The quantitative estimate of drug-likeness (QED) is 0.874. The summed E-state index contributed by atoms with van der Waals surface area (Å²) in [6.45, 7) is 0.579. The van der Waals surface area contributed by atoms with Crippen LogP contribution >= 0.6 is 11.6 Å². The number of nitrogens with two attached hydrogens (primary N) is 1. The van der Waals surface area contributed by atoms with Gasteiger partial charge in [0.15, 0.2) is 0 Å². The van der Waals surface area contributed by atoms with Crippen LogP contribution in [0, 0.1) is 5.92 Å². The Morgan fingerprint density at radius 2 is 1.95 bits per heavy atom. The van der Waals surface area contributed by atoms with Crippen LogP contribution in [0.15, 0.2) is 18.2 Å². The van der Waals surface area contributed by atoms with Crippen molar-refractivity contribution in [2.75, 3.05) is 11.9 Å². The van der Waals surface area contributed by atoms with Crippen molar-refractivity contribution in [2.24, 2.45) is 11.7 Å². The Kier molecular flexibility index (Phi) is 4.81. The summed E-state index contributed by atoms with van der Waals surface area (Å²) >= 11 is 5.95. The smallest absolute Gasteiger partial charge is 0.381 e. The van der Waals surface area contributed by atoms with Crippen molar-refractivity contribution < 1.29 is 13.2 Å². The highest BCUT2D eigenvalue weighted by molar-refractivity contribution is 6.33. The zero-order valence-electron chi connectivity index (χ0n) is 11.0. The molecule has 2 nitrogen and oxygen atoms in total. The lowest BCUT2D eigenvalue weighted by molar-refractivity contribution is -0.137. The summed E-state index contributed by atoms with van der Waals surface area (Å²) in [7, 11) is 0. The summed E-state index contributed by atoms with van der Waals surface area (Å²) in [5.74, 6) is 0.349. The Balaban J connectivity index is 2.13. The van der Waals surface area contributed by atoms with Gasteiger partial charge in [-0.05, 0) is 43.5 Å². The monoisotopic (exact) mass is 306 g/mol. The molecular formula is C14H18ClF3N2. The van der Waals surface area contributed by atoms with Crippen LogP contribution in [0.3, 0.4) is 0 Å². The number of halogens is 4. The van der Waals surface area contributed by atoms with Crippen molar-refractivity contribution in [2.45, 2.75) is 37.9 Å². The number of anilines is 1. The maximum Gasteiger partial charge on any atom is 0.416 e. The molecule has 1 saturated carbocycles. The number of benzene rings is 1. The van der Waals surface area contributed by atoms with Crippen LogP contribution in [0.2, 0.25) is 5.02 Å². The second-order valence-electron chi connectivity index (χ2n) is 5.22. The second kappa shape index (κ2) is 6.22. The Morgan fingerprint density at radius 3 is 2.55 bits per heavy atom. The molecule has 1 aliphatic rings. The van der Waals surface area contributed by atoms with E-state index >= 15 is 0 Å². The molecule has 0 heterocycles. The standard InChI is InChI=1S/C14H18ClF3N2/c15-11-7-10(14(16,17)18)5-6-13(11)20-12-4-2-1-3-9(12)8-19/h5-7,9,12,20H,1-4,8,19H2. The average molecular weight is 307 g/mol. The van der Waals surface area contributed by atoms with Gasteiger partial charge in [-0.3, -0.25) is 0 Å². The predicted octanol–water partition coefficient (Wildman–Crippen LogP) is 4.29. The number of hydrogen-bond donors (Lipinski definition) is 2. The molecule has 112 valence electrons. The fraction of sp³-hybridized carbons (Fsp3) is 0.571. The van der Waals surface area contributed by atoms with E-state index in [0.29, 0.717) is 18.2 Å². The van der Waals surface area contributed by atoms with Crippen molar-refractivity contribution >= 4 is 17.3 Å². The zero-order chi connectivity index (χ0) is 14.8. The SMILES string of the molecule is NCC1CCCCC1Nc1ccc(C(F)(F)F)cc1Cl. The van der Waals surface area contributed by atoms with Crippen LogP contribution in [-0.4, -0.2) is 12.6 Å². The fourth-order valence-corrected chi connectivity index (χ4v) is 2.92. The van der Waals surface area contributed by atoms with Gasteiger partial charge in [0.2, 0.25) is 0 Å². The van der Waals surface area contributed by atoms with E-state index in [-0.39, 0.29) is 11.1 Å². The lowest BCUT2D eigenvalue weighted by atomic mass is 9.84. The minimum atomic E-state index is -4.37. The first-order chi connectivity index (χ1) is 9.41. The highest BCUT2D eigenvalue weighted by atomic mass is 35.5. The fourth-order valence-electron chi connectivity index (χ4n) is 2.69. The maximum absolute atomic E-state index is 12.6. The molecular weight excluding hydrogens is 289 g/mol. The summed E-state index contributed by atoms with van der Waals surface area (Å²) in [6, 6.07) is 3.59. The van der Waals surface area contributed by atoms with Crippen LogP contribution in [0.1, 0.15) is 31.2 Å². The molecule has 0 spiro atoms. The first-order valence-corrected chi connectivity index (χ1v) is 7.13. The van der Waals surface area contributed by atoms with Gasteiger partial charge in [-0.15, -0.1) is 0 Å². The molecule has 1 fully saturated rings. The van der Waals surface area contributed by atoms with E-state index in [0.717, 1.165) is 37.8 Å². The van der Waals surface area contributed by atoms with Crippen LogP contribution < -0.4 is 11.1 Å². The second-order valence-corrected chi connectivity index (χ2v) is 5.63. The van der Waals surface area contributed by atoms with Crippen LogP contribution in [0.4, 0.5) is 18.9 Å². The van der Waals surface area contributed by atoms with Crippen molar-refractivity contribution in [1.82, 2.24) is 0 Å². The molecule has 1 aliphatic carbocycles. The Morgan fingerprint density at radius 1 is 1.25 bits per heavy atom. The summed E-state index contributed by atoms with van der Waals surface area (Å²) < 4.78 is 37.7. The van der Waals surface area contributed by atoms with Crippen LogP contribution in [0.25, 0.3) is 0 Å². The molecule has 3 N–H and O–H groups in total. The molecule has 1 aromatic rings. The Hall–Kier alpha value is -0.940. The lowest BCUT2D eigenvalue weighted by Gasteiger charge is -2.32. The van der Waals surface area contributed by atoms with Crippen molar-refractivity contribution in [1.29, 1.82) is 0 Å². The summed E-state index contributed by atoms with van der Waals surface area (Å²) in [4.78, 5) is 0. The Bertz CT molecular complexity index is 462. The van der Waals surface area contributed by atoms with E-state index in [1.807, 2.05) is 0 Å². The van der Waals surface area contributed by atoms with E-state index < -0.39 is 11.7 Å².